The minimum absolute atomic E-state index is 0.0490. The molecule has 0 fully saturated rings. The average Bonchev–Trinajstić information content (AvgIpc) is 2.46. The molecule has 20 heavy (non-hydrogen) atoms. The SMILES string of the molecule is CC[C@H](N)c1ccc(OCc2ccc(Br)cc2F)cc1. The van der Waals surface area contributed by atoms with E-state index in [-0.39, 0.29) is 18.5 Å². The predicted molar refractivity (Wildman–Crippen MR) is 82.1 cm³/mol. The molecular formula is C16H17BrFNO. The molecule has 0 spiro atoms. The van der Waals surface area contributed by atoms with Gasteiger partial charge in [-0.15, -0.1) is 0 Å². The van der Waals surface area contributed by atoms with Gasteiger partial charge < -0.3 is 10.5 Å². The smallest absolute Gasteiger partial charge is 0.130 e. The monoisotopic (exact) mass is 337 g/mol. The second kappa shape index (κ2) is 6.86. The first kappa shape index (κ1) is 15.0. The summed E-state index contributed by atoms with van der Waals surface area (Å²) in [6, 6.07) is 12.6. The predicted octanol–water partition coefficient (Wildman–Crippen LogP) is 4.58. The van der Waals surface area contributed by atoms with E-state index in [0.29, 0.717) is 11.3 Å². The fraction of sp³-hybridized carbons (Fsp3) is 0.250. The average molecular weight is 338 g/mol. The van der Waals surface area contributed by atoms with E-state index in [0.717, 1.165) is 16.5 Å². The maximum atomic E-state index is 13.6. The van der Waals surface area contributed by atoms with Gasteiger partial charge in [-0.05, 0) is 36.2 Å². The highest BCUT2D eigenvalue weighted by atomic mass is 79.9. The molecule has 2 nitrogen and oxygen atoms in total. The van der Waals surface area contributed by atoms with Crippen molar-refractivity contribution in [3.63, 3.8) is 0 Å². The molecule has 0 unspecified atom stereocenters. The third-order valence-corrected chi connectivity index (χ3v) is 3.65. The molecule has 4 heteroatoms. The first-order valence-corrected chi connectivity index (χ1v) is 7.31. The van der Waals surface area contributed by atoms with Crippen LogP contribution in [0.25, 0.3) is 0 Å². The van der Waals surface area contributed by atoms with E-state index >= 15 is 0 Å². The molecule has 2 aromatic carbocycles. The molecule has 2 aromatic rings. The van der Waals surface area contributed by atoms with Crippen LogP contribution in [0.5, 0.6) is 5.75 Å². The van der Waals surface area contributed by atoms with Crippen molar-refractivity contribution in [2.24, 2.45) is 5.73 Å². The van der Waals surface area contributed by atoms with Gasteiger partial charge in [0.15, 0.2) is 0 Å². The van der Waals surface area contributed by atoms with E-state index in [9.17, 15) is 4.39 Å². The van der Waals surface area contributed by atoms with Crippen LogP contribution >= 0.6 is 15.9 Å². The van der Waals surface area contributed by atoms with Gasteiger partial charge in [0.2, 0.25) is 0 Å². The number of ether oxygens (including phenoxy) is 1. The van der Waals surface area contributed by atoms with E-state index < -0.39 is 0 Å². The quantitative estimate of drug-likeness (QED) is 0.866. The molecule has 0 aliphatic heterocycles. The van der Waals surface area contributed by atoms with E-state index in [2.05, 4.69) is 15.9 Å². The maximum Gasteiger partial charge on any atom is 0.130 e. The number of rotatable bonds is 5. The molecular weight excluding hydrogens is 321 g/mol. The third-order valence-electron chi connectivity index (χ3n) is 3.16. The topological polar surface area (TPSA) is 35.2 Å². The van der Waals surface area contributed by atoms with Crippen molar-refractivity contribution < 1.29 is 9.13 Å². The van der Waals surface area contributed by atoms with Crippen molar-refractivity contribution in [1.29, 1.82) is 0 Å². The second-order valence-electron chi connectivity index (χ2n) is 4.61. The normalized spacial score (nSPS) is 12.2. The fourth-order valence-corrected chi connectivity index (χ4v) is 2.18. The number of nitrogens with two attached hydrogens (primary N) is 1. The number of halogens is 2. The second-order valence-corrected chi connectivity index (χ2v) is 5.52. The molecule has 106 valence electrons. The van der Waals surface area contributed by atoms with Crippen LogP contribution in [0.15, 0.2) is 46.9 Å². The minimum atomic E-state index is -0.274. The number of hydrogen-bond acceptors (Lipinski definition) is 2. The zero-order valence-corrected chi connectivity index (χ0v) is 12.9. The summed E-state index contributed by atoms with van der Waals surface area (Å²) in [5, 5.41) is 0. The summed E-state index contributed by atoms with van der Waals surface area (Å²) in [5.74, 6) is 0.434. The fourth-order valence-electron chi connectivity index (χ4n) is 1.85. The highest BCUT2D eigenvalue weighted by molar-refractivity contribution is 9.10. The first-order chi connectivity index (χ1) is 9.60. The summed E-state index contributed by atoms with van der Waals surface area (Å²) in [6.45, 7) is 2.25. The molecule has 1 atom stereocenters. The Morgan fingerprint density at radius 2 is 1.90 bits per heavy atom. The van der Waals surface area contributed by atoms with Gasteiger partial charge in [0.1, 0.15) is 18.2 Å². The Hall–Kier alpha value is -1.39. The number of benzene rings is 2. The van der Waals surface area contributed by atoms with Crippen LogP contribution in [-0.4, -0.2) is 0 Å². The Kier molecular flexibility index (Phi) is 5.15. The van der Waals surface area contributed by atoms with Crippen molar-refractivity contribution in [2.75, 3.05) is 0 Å². The van der Waals surface area contributed by atoms with Crippen molar-refractivity contribution in [3.05, 3.63) is 63.9 Å². The maximum absolute atomic E-state index is 13.6. The van der Waals surface area contributed by atoms with Gasteiger partial charge in [-0.25, -0.2) is 4.39 Å². The molecule has 0 aliphatic rings. The van der Waals surface area contributed by atoms with E-state index in [1.165, 1.54) is 6.07 Å². The Balaban J connectivity index is 2.00. The van der Waals surface area contributed by atoms with Crippen LogP contribution < -0.4 is 10.5 Å². The van der Waals surface area contributed by atoms with Crippen molar-refractivity contribution in [1.82, 2.24) is 0 Å². The standard InChI is InChI=1S/C16H17BrFNO/c1-2-16(19)11-4-7-14(8-5-11)20-10-12-3-6-13(17)9-15(12)18/h3-9,16H,2,10,19H2,1H3/t16-/m0/s1. The Bertz CT molecular complexity index is 571. The molecule has 2 N–H and O–H groups in total. The van der Waals surface area contributed by atoms with Gasteiger partial charge in [0.25, 0.3) is 0 Å². The minimum Gasteiger partial charge on any atom is -0.489 e. The third kappa shape index (κ3) is 3.81. The molecule has 0 saturated carbocycles. The number of hydrogen-bond donors (Lipinski definition) is 1. The van der Waals surface area contributed by atoms with E-state index in [4.69, 9.17) is 10.5 Å². The molecule has 0 bridgehead atoms. The molecule has 0 aliphatic carbocycles. The summed E-state index contributed by atoms with van der Waals surface area (Å²) in [6.07, 6.45) is 0.893. The van der Waals surface area contributed by atoms with Crippen LogP contribution in [0, 0.1) is 5.82 Å². The van der Waals surface area contributed by atoms with Crippen molar-refractivity contribution in [3.8, 4) is 5.75 Å². The largest absolute Gasteiger partial charge is 0.489 e. The highest BCUT2D eigenvalue weighted by Gasteiger charge is 2.05. The lowest BCUT2D eigenvalue weighted by atomic mass is 10.1. The van der Waals surface area contributed by atoms with E-state index in [1.54, 1.807) is 12.1 Å². The summed E-state index contributed by atoms with van der Waals surface area (Å²) in [4.78, 5) is 0. The van der Waals surface area contributed by atoms with Crippen molar-refractivity contribution >= 4 is 15.9 Å². The zero-order chi connectivity index (χ0) is 14.5. The van der Waals surface area contributed by atoms with Crippen LogP contribution in [0.3, 0.4) is 0 Å². The Labute approximate surface area is 126 Å². The first-order valence-electron chi connectivity index (χ1n) is 6.52. The summed E-state index contributed by atoms with van der Waals surface area (Å²) >= 11 is 3.23. The summed E-state index contributed by atoms with van der Waals surface area (Å²) in [7, 11) is 0. The van der Waals surface area contributed by atoms with Gasteiger partial charge in [-0.1, -0.05) is 41.1 Å². The summed E-state index contributed by atoms with van der Waals surface area (Å²) in [5.41, 5.74) is 7.56. The zero-order valence-electron chi connectivity index (χ0n) is 11.3. The van der Waals surface area contributed by atoms with Gasteiger partial charge in [-0.3, -0.25) is 0 Å². The molecule has 0 radical (unpaired) electrons. The molecule has 2 rings (SSSR count). The van der Waals surface area contributed by atoms with Crippen LogP contribution in [-0.2, 0) is 6.61 Å². The summed E-state index contributed by atoms with van der Waals surface area (Å²) < 4.78 is 19.9. The lowest BCUT2D eigenvalue weighted by Crippen LogP contribution is -2.08. The van der Waals surface area contributed by atoms with Gasteiger partial charge >= 0.3 is 0 Å². The van der Waals surface area contributed by atoms with Crippen molar-refractivity contribution in [2.45, 2.75) is 26.0 Å². The van der Waals surface area contributed by atoms with Gasteiger partial charge in [0, 0.05) is 16.1 Å². The van der Waals surface area contributed by atoms with Gasteiger partial charge in [-0.2, -0.15) is 0 Å². The lowest BCUT2D eigenvalue weighted by molar-refractivity contribution is 0.299. The highest BCUT2D eigenvalue weighted by Crippen LogP contribution is 2.20. The van der Waals surface area contributed by atoms with Crippen LogP contribution in [0.1, 0.15) is 30.5 Å². The Morgan fingerprint density at radius 1 is 1.20 bits per heavy atom. The van der Waals surface area contributed by atoms with Crippen LogP contribution in [0.2, 0.25) is 0 Å². The Morgan fingerprint density at radius 3 is 2.50 bits per heavy atom. The van der Waals surface area contributed by atoms with Crippen LogP contribution in [0.4, 0.5) is 4.39 Å². The van der Waals surface area contributed by atoms with E-state index in [1.807, 2.05) is 31.2 Å². The van der Waals surface area contributed by atoms with Gasteiger partial charge in [0.05, 0.1) is 0 Å². The molecule has 0 saturated heterocycles. The molecule has 0 aromatic heterocycles. The molecule has 0 heterocycles. The lowest BCUT2D eigenvalue weighted by Gasteiger charge is -2.11. The molecule has 0 amide bonds.